The van der Waals surface area contributed by atoms with E-state index >= 15 is 0 Å². The Morgan fingerprint density at radius 2 is 1.66 bits per heavy atom. The molecule has 0 radical (unpaired) electrons. The molecule has 5 nitrogen and oxygen atoms in total. The molecular weight excluding hydrogens is 470 g/mol. The summed E-state index contributed by atoms with van der Waals surface area (Å²) in [5.41, 5.74) is -3.66. The normalized spacial score (nSPS) is 25.5. The van der Waals surface area contributed by atoms with Crippen molar-refractivity contribution in [2.45, 2.75) is 23.6 Å². The molecule has 1 amide bonds. The third kappa shape index (κ3) is 4.66. The van der Waals surface area contributed by atoms with Crippen molar-refractivity contribution in [3.8, 4) is 0 Å². The van der Waals surface area contributed by atoms with Crippen LogP contribution >= 0.6 is 23.4 Å². The van der Waals surface area contributed by atoms with Gasteiger partial charge >= 0.3 is 12.4 Å². The third-order valence-electron chi connectivity index (χ3n) is 4.25. The average molecular weight is 481 g/mol. The summed E-state index contributed by atoms with van der Waals surface area (Å²) in [6, 6.07) is -0.0410. The summed E-state index contributed by atoms with van der Waals surface area (Å²) in [5.74, 6) is -2.24. The second-order valence-corrected chi connectivity index (χ2v) is 9.98. The first-order chi connectivity index (χ1) is 13.2. The van der Waals surface area contributed by atoms with E-state index in [1.807, 2.05) is 0 Å². The van der Waals surface area contributed by atoms with Crippen molar-refractivity contribution in [1.82, 2.24) is 0 Å². The fourth-order valence-corrected chi connectivity index (χ4v) is 7.07. The highest BCUT2D eigenvalue weighted by Gasteiger charge is 2.50. The Morgan fingerprint density at radius 3 is 2.14 bits per heavy atom. The standard InChI is InChI=1S/C15H11ClF6N2O3S2/c16-4-12(25)23-13-24(10-5-29(26,27)6-11(10)28-13)9-2-7(14(17,18)19)1-8(3-9)15(20,21)22/h1-3,10-11H,4-6H2/t10-,11+/m0/s1. The Bertz CT molecular complexity index is 945. The minimum absolute atomic E-state index is 0.0314. The number of alkyl halides is 7. The number of amidine groups is 1. The fraction of sp³-hybridized carbons (Fsp3) is 0.467. The van der Waals surface area contributed by atoms with Gasteiger partial charge in [0.1, 0.15) is 5.88 Å². The largest absolute Gasteiger partial charge is 0.416 e. The molecule has 0 aliphatic carbocycles. The molecule has 2 fully saturated rings. The minimum Gasteiger partial charge on any atom is -0.316 e. The number of nitrogens with zero attached hydrogens (tertiary/aromatic N) is 2. The summed E-state index contributed by atoms with van der Waals surface area (Å²) in [7, 11) is -3.55. The van der Waals surface area contributed by atoms with Crippen molar-refractivity contribution in [1.29, 1.82) is 0 Å². The van der Waals surface area contributed by atoms with E-state index in [1.54, 1.807) is 0 Å². The number of rotatable bonds is 2. The molecular formula is C15H11ClF6N2O3S2. The number of halogens is 7. The molecule has 2 saturated heterocycles. The van der Waals surface area contributed by atoms with E-state index < -0.39 is 67.8 Å². The van der Waals surface area contributed by atoms with Crippen LogP contribution in [-0.4, -0.2) is 48.2 Å². The molecule has 3 rings (SSSR count). The first-order valence-electron chi connectivity index (χ1n) is 7.84. The molecule has 29 heavy (non-hydrogen) atoms. The van der Waals surface area contributed by atoms with E-state index in [2.05, 4.69) is 4.99 Å². The van der Waals surface area contributed by atoms with Crippen LogP contribution in [0.15, 0.2) is 23.2 Å². The van der Waals surface area contributed by atoms with Gasteiger partial charge in [0.15, 0.2) is 15.0 Å². The minimum atomic E-state index is -5.08. The Hall–Kier alpha value is -1.47. The lowest BCUT2D eigenvalue weighted by Crippen LogP contribution is -2.38. The topological polar surface area (TPSA) is 66.8 Å². The number of hydrogen-bond donors (Lipinski definition) is 0. The number of hydrogen-bond acceptors (Lipinski definition) is 4. The second kappa shape index (κ2) is 7.34. The quantitative estimate of drug-likeness (QED) is 0.478. The molecule has 0 N–H and O–H groups in total. The van der Waals surface area contributed by atoms with Gasteiger partial charge in [-0.3, -0.25) is 4.79 Å². The van der Waals surface area contributed by atoms with Crippen LogP contribution in [0.2, 0.25) is 0 Å². The van der Waals surface area contributed by atoms with E-state index in [9.17, 15) is 39.6 Å². The van der Waals surface area contributed by atoms with Crippen molar-refractivity contribution in [2.24, 2.45) is 4.99 Å². The molecule has 2 aliphatic rings. The van der Waals surface area contributed by atoms with Gasteiger partial charge in [-0.15, -0.1) is 11.6 Å². The first kappa shape index (κ1) is 22.2. The molecule has 2 aliphatic heterocycles. The lowest BCUT2D eigenvalue weighted by molar-refractivity contribution is -0.143. The molecule has 0 aromatic heterocycles. The molecule has 2 atom stereocenters. The predicted molar refractivity (Wildman–Crippen MR) is 95.9 cm³/mol. The monoisotopic (exact) mass is 480 g/mol. The van der Waals surface area contributed by atoms with Gasteiger partial charge in [0, 0.05) is 10.9 Å². The molecule has 2 heterocycles. The van der Waals surface area contributed by atoms with Crippen LogP contribution in [0.3, 0.4) is 0 Å². The lowest BCUT2D eigenvalue weighted by Gasteiger charge is -2.26. The lowest BCUT2D eigenvalue weighted by atomic mass is 10.1. The molecule has 0 spiro atoms. The summed E-state index contributed by atoms with van der Waals surface area (Å²) in [6.45, 7) is 0. The highest BCUT2D eigenvalue weighted by molar-refractivity contribution is 8.16. The fourth-order valence-electron chi connectivity index (χ4n) is 3.08. The van der Waals surface area contributed by atoms with E-state index in [0.29, 0.717) is 12.1 Å². The second-order valence-electron chi connectivity index (χ2n) is 6.36. The van der Waals surface area contributed by atoms with Crippen molar-refractivity contribution >= 4 is 50.0 Å². The van der Waals surface area contributed by atoms with Crippen LogP contribution < -0.4 is 4.90 Å². The van der Waals surface area contributed by atoms with Crippen LogP contribution in [0.25, 0.3) is 0 Å². The molecule has 0 bridgehead atoms. The summed E-state index contributed by atoms with van der Waals surface area (Å²) in [5, 5.41) is -0.876. The number of sulfone groups is 1. The number of thioether (sulfide) groups is 1. The van der Waals surface area contributed by atoms with Crippen molar-refractivity contribution in [2.75, 3.05) is 22.3 Å². The average Bonchev–Trinajstić information content (AvgIpc) is 3.03. The SMILES string of the molecule is O=C(CCl)N=C1S[C@@H]2CS(=O)(=O)C[C@@H]2N1c1cc(C(F)(F)F)cc(C(F)(F)F)c1. The number of amides is 1. The molecule has 160 valence electrons. The number of aliphatic imine (C=N–C) groups is 1. The summed E-state index contributed by atoms with van der Waals surface area (Å²) in [4.78, 5) is 16.2. The number of fused-ring (bicyclic) bond motifs is 1. The molecule has 1 aromatic carbocycles. The predicted octanol–water partition coefficient (Wildman–Crippen LogP) is 3.56. The zero-order valence-corrected chi connectivity index (χ0v) is 16.5. The molecule has 1 aromatic rings. The number of carbonyl (C=O) groups excluding carboxylic acids is 1. The van der Waals surface area contributed by atoms with Gasteiger partial charge in [-0.05, 0) is 18.2 Å². The zero-order valence-electron chi connectivity index (χ0n) is 14.1. The smallest absolute Gasteiger partial charge is 0.316 e. The molecule has 0 saturated carbocycles. The Balaban J connectivity index is 2.18. The highest BCUT2D eigenvalue weighted by atomic mass is 35.5. The van der Waals surface area contributed by atoms with Gasteiger partial charge in [0.2, 0.25) is 0 Å². The third-order valence-corrected chi connectivity index (χ3v) is 7.69. The van der Waals surface area contributed by atoms with E-state index in [0.717, 1.165) is 16.7 Å². The molecule has 0 unspecified atom stereocenters. The van der Waals surface area contributed by atoms with Crippen LogP contribution in [-0.2, 0) is 27.0 Å². The maximum atomic E-state index is 13.2. The van der Waals surface area contributed by atoms with Crippen LogP contribution in [0.5, 0.6) is 0 Å². The van der Waals surface area contributed by atoms with Crippen LogP contribution in [0.1, 0.15) is 11.1 Å². The highest BCUT2D eigenvalue weighted by Crippen LogP contribution is 2.44. The van der Waals surface area contributed by atoms with Gasteiger partial charge in [0.05, 0.1) is 28.7 Å². The van der Waals surface area contributed by atoms with Gasteiger partial charge in [-0.1, -0.05) is 11.8 Å². The van der Waals surface area contributed by atoms with Gasteiger partial charge in [-0.2, -0.15) is 31.3 Å². The Morgan fingerprint density at radius 1 is 1.10 bits per heavy atom. The first-order valence-corrected chi connectivity index (χ1v) is 11.1. The Kier molecular flexibility index (Phi) is 5.63. The summed E-state index contributed by atoms with van der Waals surface area (Å²) >= 11 is 6.19. The summed E-state index contributed by atoms with van der Waals surface area (Å²) < 4.78 is 103. The Labute approximate surface area is 170 Å². The van der Waals surface area contributed by atoms with Gasteiger partial charge < -0.3 is 4.90 Å². The zero-order chi connectivity index (χ0) is 21.8. The summed E-state index contributed by atoms with van der Waals surface area (Å²) in [6.07, 6.45) is -10.2. The van der Waals surface area contributed by atoms with E-state index in [1.165, 1.54) is 0 Å². The maximum Gasteiger partial charge on any atom is 0.416 e. The van der Waals surface area contributed by atoms with Crippen LogP contribution in [0, 0.1) is 0 Å². The van der Waals surface area contributed by atoms with Crippen molar-refractivity contribution < 1.29 is 39.6 Å². The number of benzene rings is 1. The van der Waals surface area contributed by atoms with Gasteiger partial charge in [-0.25, -0.2) is 8.42 Å². The number of anilines is 1. The van der Waals surface area contributed by atoms with Crippen LogP contribution in [0.4, 0.5) is 32.0 Å². The number of carbonyl (C=O) groups is 1. The van der Waals surface area contributed by atoms with Gasteiger partial charge in [0.25, 0.3) is 5.91 Å². The van der Waals surface area contributed by atoms with Crippen molar-refractivity contribution in [3.05, 3.63) is 29.3 Å². The van der Waals surface area contributed by atoms with E-state index in [4.69, 9.17) is 11.6 Å². The van der Waals surface area contributed by atoms with Crippen molar-refractivity contribution in [3.63, 3.8) is 0 Å². The molecule has 14 heteroatoms. The maximum absolute atomic E-state index is 13.2. The van der Waals surface area contributed by atoms with E-state index in [-0.39, 0.29) is 17.0 Å².